The molecule has 7 nitrogen and oxygen atoms in total. The molecule has 27 heavy (non-hydrogen) atoms. The van der Waals surface area contributed by atoms with E-state index in [1.807, 2.05) is 13.0 Å². The molecule has 1 saturated heterocycles. The van der Waals surface area contributed by atoms with Crippen molar-refractivity contribution in [3.8, 4) is 11.1 Å². The van der Waals surface area contributed by atoms with Crippen LogP contribution >= 0.6 is 0 Å². The number of ether oxygens (including phenoxy) is 1. The van der Waals surface area contributed by atoms with Crippen LogP contribution in [0.15, 0.2) is 41.6 Å². The molecule has 0 saturated carbocycles. The van der Waals surface area contributed by atoms with Crippen LogP contribution in [0.4, 0.5) is 0 Å². The molecule has 8 heteroatoms. The Hall–Kier alpha value is -1.87. The number of hydrogen-bond acceptors (Lipinski definition) is 6. The van der Waals surface area contributed by atoms with Crippen LogP contribution in [0.1, 0.15) is 12.2 Å². The van der Waals surface area contributed by atoms with Gasteiger partial charge in [-0.25, -0.2) is 23.1 Å². The number of aromatic nitrogens is 2. The number of aryl methyl sites for hydroxylation is 1. The molecule has 0 radical (unpaired) electrons. The van der Waals surface area contributed by atoms with Crippen LogP contribution in [0.2, 0.25) is 0 Å². The highest BCUT2D eigenvalue weighted by Gasteiger charge is 2.24. The van der Waals surface area contributed by atoms with Gasteiger partial charge >= 0.3 is 0 Å². The number of rotatable bonds is 8. The summed E-state index contributed by atoms with van der Waals surface area (Å²) < 4.78 is 33.3. The number of nitrogens with zero attached hydrogens (tertiary/aromatic N) is 3. The highest BCUT2D eigenvalue weighted by atomic mass is 32.2. The van der Waals surface area contributed by atoms with E-state index in [1.54, 1.807) is 37.7 Å². The van der Waals surface area contributed by atoms with Crippen molar-refractivity contribution in [1.82, 2.24) is 19.6 Å². The van der Waals surface area contributed by atoms with Crippen LogP contribution < -0.4 is 4.72 Å². The molecule has 1 N–H and O–H groups in total. The molecule has 146 valence electrons. The van der Waals surface area contributed by atoms with E-state index in [0.717, 1.165) is 37.2 Å². The first kappa shape index (κ1) is 19.9. The lowest BCUT2D eigenvalue weighted by Crippen LogP contribution is -2.31. The average molecular weight is 391 g/mol. The van der Waals surface area contributed by atoms with Gasteiger partial charge < -0.3 is 9.64 Å². The van der Waals surface area contributed by atoms with Gasteiger partial charge in [-0.2, -0.15) is 0 Å². The second-order valence-electron chi connectivity index (χ2n) is 6.85. The van der Waals surface area contributed by atoms with E-state index in [0.29, 0.717) is 24.9 Å². The zero-order valence-corrected chi connectivity index (χ0v) is 16.6. The Morgan fingerprint density at radius 2 is 2.04 bits per heavy atom. The lowest BCUT2D eigenvalue weighted by atomic mass is 10.1. The third-order valence-corrected chi connectivity index (χ3v) is 6.22. The largest absolute Gasteiger partial charge is 0.383 e. The number of benzene rings is 1. The molecule has 2 heterocycles. The first-order valence-corrected chi connectivity index (χ1v) is 10.6. The summed E-state index contributed by atoms with van der Waals surface area (Å²) in [7, 11) is -1.86. The SMILES string of the molecule is COCCN1CCC(CNS(=O)(=O)c2cccc(-c3cnc(C)nc3)c2)C1. The van der Waals surface area contributed by atoms with Gasteiger partial charge in [-0.1, -0.05) is 12.1 Å². The van der Waals surface area contributed by atoms with Gasteiger partial charge in [-0.3, -0.25) is 0 Å². The highest BCUT2D eigenvalue weighted by Crippen LogP contribution is 2.22. The van der Waals surface area contributed by atoms with Crippen LogP contribution in [-0.4, -0.2) is 63.2 Å². The molecule has 0 bridgehead atoms. The van der Waals surface area contributed by atoms with Crippen LogP contribution in [0.3, 0.4) is 0 Å². The maximum Gasteiger partial charge on any atom is 0.240 e. The molecule has 2 aromatic rings. The summed E-state index contributed by atoms with van der Waals surface area (Å²) in [5.41, 5.74) is 1.58. The molecule has 1 fully saturated rings. The summed E-state index contributed by atoms with van der Waals surface area (Å²) >= 11 is 0. The van der Waals surface area contributed by atoms with E-state index in [9.17, 15) is 8.42 Å². The Morgan fingerprint density at radius 1 is 1.26 bits per heavy atom. The van der Waals surface area contributed by atoms with Crippen molar-refractivity contribution in [2.75, 3.05) is 39.9 Å². The van der Waals surface area contributed by atoms with E-state index in [4.69, 9.17) is 4.74 Å². The van der Waals surface area contributed by atoms with Gasteiger partial charge in [-0.15, -0.1) is 0 Å². The lowest BCUT2D eigenvalue weighted by Gasteiger charge is -2.16. The maximum atomic E-state index is 12.7. The summed E-state index contributed by atoms with van der Waals surface area (Å²) in [6.45, 7) is 5.73. The van der Waals surface area contributed by atoms with Gasteiger partial charge in [0, 0.05) is 44.7 Å². The lowest BCUT2D eigenvalue weighted by molar-refractivity contribution is 0.159. The second kappa shape index (κ2) is 8.88. The van der Waals surface area contributed by atoms with Gasteiger partial charge in [0.25, 0.3) is 0 Å². The number of methoxy groups -OCH3 is 1. The van der Waals surface area contributed by atoms with E-state index >= 15 is 0 Å². The van der Waals surface area contributed by atoms with E-state index in [1.165, 1.54) is 0 Å². The topological polar surface area (TPSA) is 84.4 Å². The van der Waals surface area contributed by atoms with Crippen molar-refractivity contribution in [1.29, 1.82) is 0 Å². The van der Waals surface area contributed by atoms with Gasteiger partial charge in [0.15, 0.2) is 0 Å². The molecule has 0 aliphatic carbocycles. The molecule has 1 aromatic heterocycles. The fourth-order valence-corrected chi connectivity index (χ4v) is 4.36. The van der Waals surface area contributed by atoms with Crippen molar-refractivity contribution in [2.24, 2.45) is 5.92 Å². The molecular weight excluding hydrogens is 364 g/mol. The van der Waals surface area contributed by atoms with Crippen molar-refractivity contribution in [3.05, 3.63) is 42.5 Å². The monoisotopic (exact) mass is 390 g/mol. The Labute approximate surface area is 160 Å². The Balaban J connectivity index is 1.63. The van der Waals surface area contributed by atoms with Gasteiger partial charge in [0.1, 0.15) is 5.82 Å². The number of sulfonamides is 1. The van der Waals surface area contributed by atoms with Gasteiger partial charge in [-0.05, 0) is 43.5 Å². The third-order valence-electron chi connectivity index (χ3n) is 4.80. The quantitative estimate of drug-likeness (QED) is 0.739. The predicted molar refractivity (Wildman–Crippen MR) is 104 cm³/mol. The summed E-state index contributed by atoms with van der Waals surface area (Å²) in [4.78, 5) is 10.9. The summed E-state index contributed by atoms with van der Waals surface area (Å²) in [5.74, 6) is 1.01. The number of likely N-dealkylation sites (tertiary alicyclic amines) is 1. The molecule has 1 aliphatic heterocycles. The van der Waals surface area contributed by atoms with Gasteiger partial charge in [0.2, 0.25) is 10.0 Å². The molecule has 0 spiro atoms. The molecule has 0 amide bonds. The second-order valence-corrected chi connectivity index (χ2v) is 8.61. The molecular formula is C19H26N4O3S. The number of hydrogen-bond donors (Lipinski definition) is 1. The maximum absolute atomic E-state index is 12.7. The molecule has 1 unspecified atom stereocenters. The first-order chi connectivity index (χ1) is 13.0. The smallest absolute Gasteiger partial charge is 0.240 e. The Kier molecular flexibility index (Phi) is 6.54. The normalized spacial score (nSPS) is 18.1. The van der Waals surface area contributed by atoms with Crippen molar-refractivity contribution < 1.29 is 13.2 Å². The zero-order valence-electron chi connectivity index (χ0n) is 15.8. The molecule has 1 atom stereocenters. The van der Waals surface area contributed by atoms with Crippen molar-refractivity contribution in [2.45, 2.75) is 18.2 Å². The van der Waals surface area contributed by atoms with Crippen molar-refractivity contribution >= 4 is 10.0 Å². The molecule has 3 rings (SSSR count). The number of nitrogens with one attached hydrogen (secondary N) is 1. The van der Waals surface area contributed by atoms with Crippen LogP contribution in [0.5, 0.6) is 0 Å². The first-order valence-electron chi connectivity index (χ1n) is 9.08. The minimum atomic E-state index is -3.55. The van der Waals surface area contributed by atoms with E-state index < -0.39 is 10.0 Å². The van der Waals surface area contributed by atoms with E-state index in [-0.39, 0.29) is 4.90 Å². The van der Waals surface area contributed by atoms with Gasteiger partial charge in [0.05, 0.1) is 11.5 Å². The van der Waals surface area contributed by atoms with Crippen LogP contribution in [0.25, 0.3) is 11.1 Å². The Bertz CT molecular complexity index is 856. The van der Waals surface area contributed by atoms with Crippen LogP contribution in [0, 0.1) is 12.8 Å². The van der Waals surface area contributed by atoms with Crippen LogP contribution in [-0.2, 0) is 14.8 Å². The average Bonchev–Trinajstić information content (AvgIpc) is 3.13. The summed E-state index contributed by atoms with van der Waals surface area (Å²) in [6.07, 6.45) is 4.40. The minimum Gasteiger partial charge on any atom is -0.383 e. The third kappa shape index (κ3) is 5.32. The van der Waals surface area contributed by atoms with E-state index in [2.05, 4.69) is 19.6 Å². The highest BCUT2D eigenvalue weighted by molar-refractivity contribution is 7.89. The summed E-state index contributed by atoms with van der Waals surface area (Å²) in [6, 6.07) is 6.87. The summed E-state index contributed by atoms with van der Waals surface area (Å²) in [5, 5.41) is 0. The zero-order chi connectivity index (χ0) is 19.3. The predicted octanol–water partition coefficient (Wildman–Crippen LogP) is 1.70. The fourth-order valence-electron chi connectivity index (χ4n) is 3.20. The Morgan fingerprint density at radius 3 is 2.78 bits per heavy atom. The fraction of sp³-hybridized carbons (Fsp3) is 0.474. The van der Waals surface area contributed by atoms with Crippen molar-refractivity contribution in [3.63, 3.8) is 0 Å². The standard InChI is InChI=1S/C19H26N4O3S/c1-15-20-12-18(13-21-15)17-4-3-5-19(10-17)27(24,25)22-11-16-6-7-23(14-16)8-9-26-2/h3-5,10,12-13,16,22H,6-9,11,14H2,1-2H3. The minimum absolute atomic E-state index is 0.259. The molecule has 1 aliphatic rings. The molecule has 1 aromatic carbocycles.